The van der Waals surface area contributed by atoms with Gasteiger partial charge in [0.2, 0.25) is 0 Å². The van der Waals surface area contributed by atoms with Gasteiger partial charge in [0.1, 0.15) is 17.4 Å². The van der Waals surface area contributed by atoms with Gasteiger partial charge in [-0.3, -0.25) is 0 Å². The molecule has 0 spiro atoms. The van der Waals surface area contributed by atoms with E-state index in [0.717, 1.165) is 161 Å². The van der Waals surface area contributed by atoms with Crippen LogP contribution in [0, 0.1) is 51.8 Å². The molecular formula is C65H107N7O8. The molecule has 1 aromatic carbocycles. The number of nitrogen functional groups attached to an aromatic ring is 1. The van der Waals surface area contributed by atoms with E-state index in [0.29, 0.717) is 76.1 Å². The number of rotatable bonds is 33. The standard InChI is InChI=1S/C65H107N7O8/c1-8-9-16-58-69-59-60(72(58)44-63(5,45-73)46-74)53-19-17-49(42-57(53)68-61(59)66)15-11-28-70-30-32-71(33-31-70)29-12-34-76-36-38-78-40-41-79-39-37-77-35-27-67-62(75)80-51-23-25-64(6)50(43-51)18-20-52-55-22-21-54(48(4)14-10-13-47(2)3)65(55,7)26-24-56(52)64/h17-19,42,47-48,51-52,54-56,73-74H,8-16,20-41,43-46H2,1-7H3,(H2,66,68)(H,67,75)/t48-,51+,52+,54-,55+,56+,64+,65-/m1/s1. The van der Waals surface area contributed by atoms with Crippen LogP contribution in [0.5, 0.6) is 0 Å². The predicted octanol–water partition coefficient (Wildman–Crippen LogP) is 10.6. The summed E-state index contributed by atoms with van der Waals surface area (Å²) in [5.41, 5.74) is 11.9. The van der Waals surface area contributed by atoms with Crippen LogP contribution in [-0.4, -0.2) is 159 Å². The lowest BCUT2D eigenvalue weighted by Crippen LogP contribution is -2.51. The lowest BCUT2D eigenvalue weighted by Gasteiger charge is -2.58. The molecule has 0 radical (unpaired) electrons. The van der Waals surface area contributed by atoms with Gasteiger partial charge >= 0.3 is 6.09 Å². The molecule has 80 heavy (non-hydrogen) atoms. The van der Waals surface area contributed by atoms with E-state index in [-0.39, 0.29) is 30.8 Å². The normalized spacial score (nSPS) is 25.9. The molecule has 3 saturated carbocycles. The number of carbonyl (C=O) groups excluding carboxylic acids is 1. The fourth-order valence-corrected chi connectivity index (χ4v) is 15.5. The number of ether oxygens (including phenoxy) is 5. The highest BCUT2D eigenvalue weighted by molar-refractivity contribution is 6.06. The van der Waals surface area contributed by atoms with Crippen molar-refractivity contribution in [3.05, 3.63) is 41.2 Å². The van der Waals surface area contributed by atoms with E-state index in [9.17, 15) is 15.0 Å². The zero-order valence-electron chi connectivity index (χ0n) is 50.8. The number of pyridine rings is 1. The molecule has 3 aromatic rings. The number of aliphatic hydroxyl groups excluding tert-OH is 2. The number of piperazine rings is 1. The van der Waals surface area contributed by atoms with Crippen LogP contribution in [-0.2, 0) is 43.1 Å². The second-order valence-electron chi connectivity index (χ2n) is 26.5. The molecule has 5 N–H and O–H groups in total. The molecule has 1 amide bonds. The Labute approximate surface area is 481 Å². The van der Waals surface area contributed by atoms with Gasteiger partial charge in [-0.2, -0.15) is 0 Å². The zero-order chi connectivity index (χ0) is 56.7. The molecule has 8 atom stereocenters. The number of allylic oxidation sites excluding steroid dienone is 1. The number of nitrogens with two attached hydrogens (primary N) is 1. The quantitative estimate of drug-likeness (QED) is 0.0335. The molecule has 450 valence electrons. The first-order valence-corrected chi connectivity index (χ1v) is 31.9. The first kappa shape index (κ1) is 62.6. The molecule has 1 saturated heterocycles. The van der Waals surface area contributed by atoms with Crippen LogP contribution in [0.4, 0.5) is 10.6 Å². The first-order valence-electron chi connectivity index (χ1n) is 31.9. The maximum Gasteiger partial charge on any atom is 0.407 e. The van der Waals surface area contributed by atoms with E-state index in [1.165, 1.54) is 56.9 Å². The van der Waals surface area contributed by atoms with Gasteiger partial charge in [0.25, 0.3) is 0 Å². The van der Waals surface area contributed by atoms with Crippen molar-refractivity contribution in [1.29, 1.82) is 0 Å². The van der Waals surface area contributed by atoms with E-state index in [4.69, 9.17) is 39.4 Å². The molecule has 4 fully saturated rings. The van der Waals surface area contributed by atoms with E-state index in [2.05, 4.69) is 85.5 Å². The maximum absolute atomic E-state index is 12.8. The minimum absolute atomic E-state index is 0.0504. The van der Waals surface area contributed by atoms with Crippen molar-refractivity contribution in [2.75, 3.05) is 118 Å². The Kier molecular flexibility index (Phi) is 23.4. The maximum atomic E-state index is 12.8. The summed E-state index contributed by atoms with van der Waals surface area (Å²) in [4.78, 5) is 27.7. The number of benzene rings is 1. The van der Waals surface area contributed by atoms with Crippen LogP contribution < -0.4 is 11.1 Å². The van der Waals surface area contributed by atoms with Crippen molar-refractivity contribution in [1.82, 2.24) is 29.7 Å². The summed E-state index contributed by atoms with van der Waals surface area (Å²) in [5, 5.41) is 24.2. The van der Waals surface area contributed by atoms with Crippen LogP contribution in [0.15, 0.2) is 29.8 Å². The van der Waals surface area contributed by atoms with Crippen LogP contribution in [0.3, 0.4) is 0 Å². The highest BCUT2D eigenvalue weighted by Gasteiger charge is 2.59. The van der Waals surface area contributed by atoms with Crippen molar-refractivity contribution < 1.29 is 38.7 Å². The molecule has 0 unspecified atom stereocenters. The fraction of sp³-hybridized carbons (Fsp3) is 0.800. The summed E-state index contributed by atoms with van der Waals surface area (Å²) < 4.78 is 31.1. The Morgan fingerprint density at radius 2 is 1.50 bits per heavy atom. The number of hydrogen-bond acceptors (Lipinski definition) is 13. The molecule has 2 aromatic heterocycles. The first-order chi connectivity index (χ1) is 38.7. The molecule has 0 bridgehead atoms. The lowest BCUT2D eigenvalue weighted by atomic mass is 9.47. The van der Waals surface area contributed by atoms with Crippen LogP contribution >= 0.6 is 0 Å². The van der Waals surface area contributed by atoms with Gasteiger partial charge in [0, 0.05) is 76.1 Å². The molecule has 3 heterocycles. The van der Waals surface area contributed by atoms with Crippen molar-refractivity contribution >= 4 is 33.8 Å². The number of anilines is 1. The third kappa shape index (κ3) is 15.9. The van der Waals surface area contributed by atoms with Crippen LogP contribution in [0.2, 0.25) is 0 Å². The van der Waals surface area contributed by atoms with Gasteiger partial charge in [0.15, 0.2) is 5.82 Å². The van der Waals surface area contributed by atoms with Gasteiger partial charge in [-0.1, -0.05) is 97.9 Å². The van der Waals surface area contributed by atoms with Crippen LogP contribution in [0.25, 0.3) is 21.9 Å². The number of hydrogen-bond donors (Lipinski definition) is 4. The van der Waals surface area contributed by atoms with Crippen molar-refractivity contribution in [3.8, 4) is 0 Å². The molecule has 5 aliphatic rings. The molecule has 15 nitrogen and oxygen atoms in total. The van der Waals surface area contributed by atoms with Gasteiger partial charge in [-0.25, -0.2) is 14.8 Å². The second kappa shape index (κ2) is 29.9. The highest BCUT2D eigenvalue weighted by atomic mass is 16.6. The van der Waals surface area contributed by atoms with E-state index >= 15 is 0 Å². The van der Waals surface area contributed by atoms with Gasteiger partial charge in [0.05, 0.1) is 70.5 Å². The zero-order valence-corrected chi connectivity index (χ0v) is 50.8. The average molecular weight is 1110 g/mol. The number of carbonyl (C=O) groups is 1. The van der Waals surface area contributed by atoms with Crippen molar-refractivity contribution in [2.45, 2.75) is 170 Å². The SMILES string of the molecule is CCCCc1nc2c(N)nc3cc(CCCN4CCN(CCCOCCOCCOCCOCCNC(=O)O[C@H]5CC[C@@]6(C)C(=CC[C@H]7[C@@H]8CC[C@H]([C@H](C)CCCC(C)C)[C@@]8(C)CC[C@@H]76)C5)CC4)ccc3c2n1CC(C)(CO)CO. The number of imidazole rings is 1. The van der Waals surface area contributed by atoms with E-state index in [1.54, 1.807) is 5.57 Å². The number of nitrogens with zero attached hydrogens (tertiary/aromatic N) is 5. The predicted molar refractivity (Wildman–Crippen MR) is 321 cm³/mol. The number of unbranched alkanes of at least 4 members (excludes halogenated alkanes) is 1. The summed E-state index contributed by atoms with van der Waals surface area (Å²) in [6.07, 6.45) is 22.0. The summed E-state index contributed by atoms with van der Waals surface area (Å²) in [5.74, 6) is 6.31. The fourth-order valence-electron chi connectivity index (χ4n) is 15.5. The van der Waals surface area contributed by atoms with Gasteiger partial charge in [-0.15, -0.1) is 0 Å². The Bertz CT molecular complexity index is 2420. The number of amides is 1. The second-order valence-corrected chi connectivity index (χ2v) is 26.5. The van der Waals surface area contributed by atoms with Crippen molar-refractivity contribution in [3.63, 3.8) is 0 Å². The van der Waals surface area contributed by atoms with Crippen LogP contribution in [0.1, 0.15) is 156 Å². The van der Waals surface area contributed by atoms with E-state index < -0.39 is 5.41 Å². The number of aliphatic hydroxyl groups is 2. The minimum Gasteiger partial charge on any atom is -0.446 e. The van der Waals surface area contributed by atoms with Gasteiger partial charge in [-0.05, 0) is 135 Å². The topological polar surface area (TPSA) is 179 Å². The van der Waals surface area contributed by atoms with Gasteiger partial charge < -0.3 is 59.3 Å². The largest absolute Gasteiger partial charge is 0.446 e. The third-order valence-corrected chi connectivity index (χ3v) is 20.2. The number of alkyl carbamates (subject to hydrolysis) is 1. The Hall–Kier alpha value is -3.41. The Morgan fingerprint density at radius 1 is 0.812 bits per heavy atom. The Morgan fingerprint density at radius 3 is 2.19 bits per heavy atom. The highest BCUT2D eigenvalue weighted by Crippen LogP contribution is 2.67. The molecule has 8 rings (SSSR count). The monoisotopic (exact) mass is 1110 g/mol. The number of nitrogens with one attached hydrogen (secondary N) is 1. The Balaban J connectivity index is 0.606. The summed E-state index contributed by atoms with van der Waals surface area (Å²) in [6, 6.07) is 6.52. The molecule has 15 heteroatoms. The number of aromatic nitrogens is 3. The summed E-state index contributed by atoms with van der Waals surface area (Å²) >= 11 is 0. The minimum atomic E-state index is -0.685. The molecule has 4 aliphatic carbocycles. The van der Waals surface area contributed by atoms with E-state index in [1.807, 2.05) is 6.92 Å². The summed E-state index contributed by atoms with van der Waals surface area (Å²) in [6.45, 7) is 27.8. The summed E-state index contributed by atoms with van der Waals surface area (Å²) in [7, 11) is 0. The third-order valence-electron chi connectivity index (χ3n) is 20.2. The number of fused-ring (bicyclic) bond motifs is 8. The molecule has 1 aliphatic heterocycles. The molecular weight excluding hydrogens is 1010 g/mol. The smallest absolute Gasteiger partial charge is 0.407 e. The average Bonchev–Trinajstić information content (AvgIpc) is 4.16. The van der Waals surface area contributed by atoms with Crippen molar-refractivity contribution in [2.24, 2.45) is 51.8 Å². The lowest BCUT2D eigenvalue weighted by molar-refractivity contribution is -0.0581. The number of aryl methyl sites for hydroxylation is 2.